The molecule has 1 fully saturated rings. The zero-order valence-electron chi connectivity index (χ0n) is 18.3. The molecule has 2 heterocycles. The fraction of sp³-hybridized carbons (Fsp3) is 0.185. The summed E-state index contributed by atoms with van der Waals surface area (Å²) in [5, 5.41) is 0.535. The first kappa shape index (κ1) is 21.6. The number of amides is 3. The summed E-state index contributed by atoms with van der Waals surface area (Å²) >= 11 is 0. The monoisotopic (exact) mass is 454 g/mol. The van der Waals surface area contributed by atoms with E-state index in [1.165, 1.54) is 12.1 Å². The number of imide groups is 1. The lowest BCUT2D eigenvalue weighted by Crippen LogP contribution is -2.47. The molecule has 0 aromatic heterocycles. The summed E-state index contributed by atoms with van der Waals surface area (Å²) in [5.41, 5.74) is 2.12. The second-order valence-corrected chi connectivity index (χ2v) is 8.37. The summed E-state index contributed by atoms with van der Waals surface area (Å²) in [6.45, 7) is 0.329. The number of nitrogens with zero attached hydrogens (tertiary/aromatic N) is 2. The van der Waals surface area contributed by atoms with Gasteiger partial charge in [-0.05, 0) is 29.7 Å². The van der Waals surface area contributed by atoms with Gasteiger partial charge in [0, 0.05) is 13.0 Å². The van der Waals surface area contributed by atoms with Crippen molar-refractivity contribution >= 4 is 23.7 Å². The predicted octanol–water partition coefficient (Wildman–Crippen LogP) is 3.92. The Morgan fingerprint density at radius 2 is 1.35 bits per heavy atom. The van der Waals surface area contributed by atoms with Crippen LogP contribution in [0.1, 0.15) is 50.7 Å². The molecule has 0 saturated carbocycles. The molecular formula is C27H22N2O5. The third-order valence-corrected chi connectivity index (χ3v) is 6.28. The van der Waals surface area contributed by atoms with E-state index in [0.29, 0.717) is 11.6 Å². The molecule has 7 heteroatoms. The number of fused-ring (bicyclic) bond motifs is 1. The van der Waals surface area contributed by atoms with Gasteiger partial charge in [0.15, 0.2) is 0 Å². The lowest BCUT2D eigenvalue weighted by atomic mass is 9.84. The lowest BCUT2D eigenvalue weighted by molar-refractivity contribution is -0.179. The molecule has 0 radical (unpaired) electrons. The fourth-order valence-electron chi connectivity index (χ4n) is 4.64. The van der Waals surface area contributed by atoms with Crippen molar-refractivity contribution in [1.29, 1.82) is 0 Å². The number of carbonyl (C=O) groups is 4. The smallest absolute Gasteiger partial charge is 0.330 e. The van der Waals surface area contributed by atoms with Crippen molar-refractivity contribution in [2.24, 2.45) is 5.92 Å². The Hall–Kier alpha value is -4.26. The molecule has 3 amide bonds. The normalized spacial score (nSPS) is 19.8. The Morgan fingerprint density at radius 1 is 0.794 bits per heavy atom. The van der Waals surface area contributed by atoms with Crippen molar-refractivity contribution in [3.63, 3.8) is 0 Å². The third kappa shape index (κ3) is 3.85. The molecule has 2 aliphatic rings. The predicted molar refractivity (Wildman–Crippen MR) is 122 cm³/mol. The van der Waals surface area contributed by atoms with Crippen molar-refractivity contribution in [2.75, 3.05) is 0 Å². The van der Waals surface area contributed by atoms with Gasteiger partial charge in [0.1, 0.15) is 0 Å². The molecule has 0 aliphatic carbocycles. The molecular weight excluding hydrogens is 432 g/mol. The van der Waals surface area contributed by atoms with Crippen LogP contribution in [0.3, 0.4) is 0 Å². The highest BCUT2D eigenvalue weighted by atomic mass is 16.7. The highest BCUT2D eigenvalue weighted by molar-refractivity contribution is 6.20. The Kier molecular flexibility index (Phi) is 5.67. The highest BCUT2D eigenvalue weighted by Crippen LogP contribution is 2.39. The molecule has 0 spiro atoms. The molecule has 170 valence electrons. The van der Waals surface area contributed by atoms with Crippen LogP contribution in [0, 0.1) is 5.92 Å². The lowest BCUT2D eigenvalue weighted by Gasteiger charge is -2.40. The van der Waals surface area contributed by atoms with Crippen LogP contribution in [-0.4, -0.2) is 33.7 Å². The average molecular weight is 454 g/mol. The molecule has 5 rings (SSSR count). The summed E-state index contributed by atoms with van der Waals surface area (Å²) in [5.74, 6) is -2.86. The SMILES string of the molecule is O=C(ON1C(=O)c2ccccc2C1=O)C1CCC(=O)N(Cc2ccccc2)C1c1ccccc1. The summed E-state index contributed by atoms with van der Waals surface area (Å²) in [4.78, 5) is 58.9. The Bertz CT molecular complexity index is 1220. The van der Waals surface area contributed by atoms with Gasteiger partial charge in [-0.2, -0.15) is 0 Å². The zero-order chi connectivity index (χ0) is 23.7. The molecule has 2 atom stereocenters. The van der Waals surface area contributed by atoms with E-state index in [2.05, 4.69) is 0 Å². The van der Waals surface area contributed by atoms with Gasteiger partial charge in [0.05, 0.1) is 23.1 Å². The molecule has 0 N–H and O–H groups in total. The van der Waals surface area contributed by atoms with Gasteiger partial charge < -0.3 is 9.74 Å². The topological polar surface area (TPSA) is 84.0 Å². The van der Waals surface area contributed by atoms with E-state index in [9.17, 15) is 19.2 Å². The maximum Gasteiger partial charge on any atom is 0.338 e. The van der Waals surface area contributed by atoms with Gasteiger partial charge in [-0.1, -0.05) is 77.9 Å². The van der Waals surface area contributed by atoms with Gasteiger partial charge >= 0.3 is 5.97 Å². The van der Waals surface area contributed by atoms with Crippen LogP contribution in [0.5, 0.6) is 0 Å². The van der Waals surface area contributed by atoms with Crippen LogP contribution in [0.2, 0.25) is 0 Å². The van der Waals surface area contributed by atoms with Crippen molar-refractivity contribution in [3.05, 3.63) is 107 Å². The zero-order valence-corrected chi connectivity index (χ0v) is 18.3. The number of piperidine rings is 1. The summed E-state index contributed by atoms with van der Waals surface area (Å²) in [6.07, 6.45) is 0.420. The van der Waals surface area contributed by atoms with Gasteiger partial charge in [-0.15, -0.1) is 0 Å². The Morgan fingerprint density at radius 3 is 1.97 bits per heavy atom. The highest BCUT2D eigenvalue weighted by Gasteiger charge is 2.45. The minimum atomic E-state index is -0.742. The largest absolute Gasteiger partial charge is 0.338 e. The second-order valence-electron chi connectivity index (χ2n) is 8.37. The van der Waals surface area contributed by atoms with Gasteiger partial charge in [0.2, 0.25) is 5.91 Å². The number of hydrogen-bond acceptors (Lipinski definition) is 5. The first-order valence-corrected chi connectivity index (χ1v) is 11.1. The van der Waals surface area contributed by atoms with Crippen molar-refractivity contribution < 1.29 is 24.0 Å². The minimum absolute atomic E-state index is 0.0671. The van der Waals surface area contributed by atoms with Crippen molar-refractivity contribution in [3.8, 4) is 0 Å². The summed E-state index contributed by atoms with van der Waals surface area (Å²) in [7, 11) is 0. The van der Waals surface area contributed by atoms with E-state index in [-0.39, 0.29) is 29.9 Å². The first-order chi connectivity index (χ1) is 16.5. The van der Waals surface area contributed by atoms with E-state index in [1.807, 2.05) is 60.7 Å². The Balaban J connectivity index is 1.44. The third-order valence-electron chi connectivity index (χ3n) is 6.28. The quantitative estimate of drug-likeness (QED) is 0.546. The number of rotatable bonds is 5. The van der Waals surface area contributed by atoms with Gasteiger partial charge in [0.25, 0.3) is 11.8 Å². The van der Waals surface area contributed by atoms with E-state index in [0.717, 1.165) is 11.1 Å². The van der Waals surface area contributed by atoms with Crippen LogP contribution in [0.15, 0.2) is 84.9 Å². The first-order valence-electron chi connectivity index (χ1n) is 11.1. The number of hydroxylamine groups is 2. The van der Waals surface area contributed by atoms with Gasteiger partial charge in [-0.25, -0.2) is 4.79 Å². The maximum atomic E-state index is 13.4. The second kappa shape index (κ2) is 8.94. The average Bonchev–Trinajstić information content (AvgIpc) is 3.11. The molecule has 2 aliphatic heterocycles. The number of carbonyl (C=O) groups excluding carboxylic acids is 4. The molecule has 2 unspecified atom stereocenters. The summed E-state index contributed by atoms with van der Waals surface area (Å²) < 4.78 is 0. The van der Waals surface area contributed by atoms with Crippen LogP contribution < -0.4 is 0 Å². The molecule has 34 heavy (non-hydrogen) atoms. The van der Waals surface area contributed by atoms with Crippen LogP contribution in [0.25, 0.3) is 0 Å². The van der Waals surface area contributed by atoms with Crippen molar-refractivity contribution in [2.45, 2.75) is 25.4 Å². The van der Waals surface area contributed by atoms with E-state index < -0.39 is 29.7 Å². The van der Waals surface area contributed by atoms with Crippen LogP contribution in [0.4, 0.5) is 0 Å². The van der Waals surface area contributed by atoms with E-state index in [1.54, 1.807) is 17.0 Å². The maximum absolute atomic E-state index is 13.4. The Labute approximate surface area is 196 Å². The summed E-state index contributed by atoms with van der Waals surface area (Å²) in [6, 6.07) is 24.6. The molecule has 1 saturated heterocycles. The van der Waals surface area contributed by atoms with E-state index >= 15 is 0 Å². The minimum Gasteiger partial charge on any atom is -0.330 e. The van der Waals surface area contributed by atoms with Crippen molar-refractivity contribution in [1.82, 2.24) is 9.96 Å². The molecule has 7 nitrogen and oxygen atoms in total. The van der Waals surface area contributed by atoms with Gasteiger partial charge in [-0.3, -0.25) is 14.4 Å². The van der Waals surface area contributed by atoms with E-state index in [4.69, 9.17) is 4.84 Å². The fourth-order valence-corrected chi connectivity index (χ4v) is 4.64. The molecule has 0 bridgehead atoms. The number of likely N-dealkylation sites (tertiary alicyclic amines) is 1. The molecule has 3 aromatic rings. The molecule has 3 aromatic carbocycles. The van der Waals surface area contributed by atoms with Crippen LogP contribution in [-0.2, 0) is 21.0 Å². The number of benzene rings is 3. The number of hydrogen-bond donors (Lipinski definition) is 0. The van der Waals surface area contributed by atoms with Crippen LogP contribution >= 0.6 is 0 Å². The standard InChI is InChI=1S/C27H22N2O5/c30-23-16-15-22(27(33)34-29-25(31)20-13-7-8-14-21(20)26(29)32)24(19-11-5-2-6-12-19)28(23)17-18-9-3-1-4-10-18/h1-14,22,24H,15-17H2.